The van der Waals surface area contributed by atoms with Crippen LogP contribution in [0.1, 0.15) is 18.5 Å². The summed E-state index contributed by atoms with van der Waals surface area (Å²) in [6.07, 6.45) is 0. The van der Waals surface area contributed by atoms with Crippen LogP contribution >= 0.6 is 0 Å². The minimum Gasteiger partial charge on any atom is -0.486 e. The maximum Gasteiger partial charge on any atom is 0.161 e. The molecule has 0 fully saturated rings. The Morgan fingerprint density at radius 2 is 2.00 bits per heavy atom. The van der Waals surface area contributed by atoms with E-state index in [4.69, 9.17) is 9.47 Å². The van der Waals surface area contributed by atoms with Crippen molar-refractivity contribution in [1.82, 2.24) is 5.32 Å². The van der Waals surface area contributed by atoms with Crippen LogP contribution in [0.15, 0.2) is 18.2 Å². The van der Waals surface area contributed by atoms with Gasteiger partial charge in [-0.2, -0.15) is 0 Å². The van der Waals surface area contributed by atoms with Crippen LogP contribution in [0.4, 0.5) is 0 Å². The smallest absolute Gasteiger partial charge is 0.161 e. The molecule has 1 aliphatic heterocycles. The summed E-state index contributed by atoms with van der Waals surface area (Å²) in [5.41, 5.74) is 0.902. The number of hydrogen-bond acceptors (Lipinski definition) is 4. The summed E-state index contributed by atoms with van der Waals surface area (Å²) in [4.78, 5) is 11.4. The van der Waals surface area contributed by atoms with Crippen molar-refractivity contribution in [3.8, 4) is 11.5 Å². The summed E-state index contributed by atoms with van der Waals surface area (Å²) >= 11 is 0. The van der Waals surface area contributed by atoms with Gasteiger partial charge in [0.05, 0.1) is 6.04 Å². The number of fused-ring (bicyclic) bond motifs is 1. The van der Waals surface area contributed by atoms with E-state index in [1.54, 1.807) is 14.0 Å². The topological polar surface area (TPSA) is 47.6 Å². The van der Waals surface area contributed by atoms with E-state index in [2.05, 4.69) is 5.32 Å². The van der Waals surface area contributed by atoms with E-state index in [0.717, 1.165) is 11.3 Å². The van der Waals surface area contributed by atoms with Crippen molar-refractivity contribution in [2.24, 2.45) is 0 Å². The molecule has 0 aliphatic carbocycles. The molecule has 0 radical (unpaired) electrons. The molecular formula is C12H15NO3. The number of carbonyl (C=O) groups excluding carboxylic acids is 1. The molecular weight excluding hydrogens is 206 g/mol. The van der Waals surface area contributed by atoms with Crippen molar-refractivity contribution in [1.29, 1.82) is 0 Å². The van der Waals surface area contributed by atoms with Gasteiger partial charge in [-0.3, -0.25) is 4.79 Å². The molecule has 0 aromatic heterocycles. The average molecular weight is 221 g/mol. The summed E-state index contributed by atoms with van der Waals surface area (Å²) < 4.78 is 10.9. The minimum absolute atomic E-state index is 0.0826. The highest BCUT2D eigenvalue weighted by molar-refractivity contribution is 5.83. The quantitative estimate of drug-likeness (QED) is 0.836. The first-order chi connectivity index (χ1) is 7.72. The summed E-state index contributed by atoms with van der Waals surface area (Å²) in [7, 11) is 1.77. The molecule has 4 nitrogen and oxygen atoms in total. The monoisotopic (exact) mass is 221 g/mol. The van der Waals surface area contributed by atoms with Gasteiger partial charge in [0.2, 0.25) is 0 Å². The molecule has 0 saturated carbocycles. The maximum absolute atomic E-state index is 11.4. The summed E-state index contributed by atoms with van der Waals surface area (Å²) in [6, 6.07) is 5.31. The van der Waals surface area contributed by atoms with Crippen molar-refractivity contribution < 1.29 is 14.3 Å². The predicted octanol–water partition coefficient (Wildman–Crippen LogP) is 1.31. The highest BCUT2D eigenvalue weighted by Crippen LogP contribution is 2.32. The molecule has 0 saturated heterocycles. The number of carbonyl (C=O) groups is 1. The van der Waals surface area contributed by atoms with Gasteiger partial charge in [-0.1, -0.05) is 6.07 Å². The van der Waals surface area contributed by atoms with Gasteiger partial charge in [0.25, 0.3) is 0 Å². The Morgan fingerprint density at radius 1 is 1.31 bits per heavy atom. The summed E-state index contributed by atoms with van der Waals surface area (Å²) in [5, 5.41) is 2.98. The fourth-order valence-electron chi connectivity index (χ4n) is 1.84. The third kappa shape index (κ3) is 2.02. The number of rotatable bonds is 3. The molecule has 4 heteroatoms. The number of ether oxygens (including phenoxy) is 2. The number of Topliss-reactive ketones (excluding diaryl/α,β-unsaturated/α-hetero) is 1. The molecule has 16 heavy (non-hydrogen) atoms. The first-order valence-corrected chi connectivity index (χ1v) is 5.29. The first-order valence-electron chi connectivity index (χ1n) is 5.29. The lowest BCUT2D eigenvalue weighted by molar-refractivity contribution is -0.119. The second-order valence-corrected chi connectivity index (χ2v) is 3.74. The maximum atomic E-state index is 11.4. The number of hydrogen-bond donors (Lipinski definition) is 1. The van der Waals surface area contributed by atoms with Crippen LogP contribution in [0.25, 0.3) is 0 Å². The predicted molar refractivity (Wildman–Crippen MR) is 59.9 cm³/mol. The van der Waals surface area contributed by atoms with Crippen molar-refractivity contribution >= 4 is 5.78 Å². The molecule has 1 aromatic rings. The molecule has 1 atom stereocenters. The Labute approximate surface area is 94.6 Å². The summed E-state index contributed by atoms with van der Waals surface area (Å²) in [6.45, 7) is 2.70. The average Bonchev–Trinajstić information content (AvgIpc) is 2.29. The van der Waals surface area contributed by atoms with Crippen molar-refractivity contribution in [3.05, 3.63) is 23.8 Å². The van der Waals surface area contributed by atoms with Gasteiger partial charge < -0.3 is 14.8 Å². The Hall–Kier alpha value is -1.55. The Bertz CT molecular complexity index is 403. The van der Waals surface area contributed by atoms with Gasteiger partial charge in [-0.25, -0.2) is 0 Å². The SMILES string of the molecule is CNC(C(C)=O)c1ccc2c(c1)OCCO2. The van der Waals surface area contributed by atoms with E-state index in [-0.39, 0.29) is 11.8 Å². The third-order valence-corrected chi connectivity index (χ3v) is 2.59. The molecule has 1 aromatic carbocycles. The largest absolute Gasteiger partial charge is 0.486 e. The van der Waals surface area contributed by atoms with Gasteiger partial charge >= 0.3 is 0 Å². The molecule has 0 amide bonds. The van der Waals surface area contributed by atoms with Crippen LogP contribution in [-0.2, 0) is 4.79 Å². The number of benzene rings is 1. The van der Waals surface area contributed by atoms with Gasteiger partial charge in [-0.15, -0.1) is 0 Å². The molecule has 1 heterocycles. The first kappa shape index (κ1) is 11.0. The lowest BCUT2D eigenvalue weighted by Gasteiger charge is -2.20. The highest BCUT2D eigenvalue weighted by Gasteiger charge is 2.18. The van der Waals surface area contributed by atoms with Crippen LogP contribution in [0.3, 0.4) is 0 Å². The van der Waals surface area contributed by atoms with Crippen LogP contribution in [0.2, 0.25) is 0 Å². The molecule has 86 valence electrons. The molecule has 1 N–H and O–H groups in total. The lowest BCUT2D eigenvalue weighted by Crippen LogP contribution is -2.23. The Kier molecular flexibility index (Phi) is 3.10. The van der Waals surface area contributed by atoms with Crippen LogP contribution in [0.5, 0.6) is 11.5 Å². The van der Waals surface area contributed by atoms with Gasteiger partial charge in [0.15, 0.2) is 17.3 Å². The third-order valence-electron chi connectivity index (χ3n) is 2.59. The van der Waals surface area contributed by atoms with Crippen molar-refractivity contribution in [3.63, 3.8) is 0 Å². The lowest BCUT2D eigenvalue weighted by atomic mass is 10.0. The van der Waals surface area contributed by atoms with Gasteiger partial charge in [-0.05, 0) is 31.7 Å². The number of likely N-dealkylation sites (N-methyl/N-ethyl adjacent to an activating group) is 1. The molecule has 0 bridgehead atoms. The normalized spacial score (nSPS) is 15.6. The van der Waals surface area contributed by atoms with Crippen LogP contribution in [0, 0.1) is 0 Å². The fourth-order valence-corrected chi connectivity index (χ4v) is 1.84. The van der Waals surface area contributed by atoms with E-state index in [0.29, 0.717) is 19.0 Å². The van der Waals surface area contributed by atoms with Crippen molar-refractivity contribution in [2.45, 2.75) is 13.0 Å². The summed E-state index contributed by atoms with van der Waals surface area (Å²) in [5.74, 6) is 1.54. The van der Waals surface area contributed by atoms with E-state index in [9.17, 15) is 4.79 Å². The van der Waals surface area contributed by atoms with Crippen LogP contribution in [-0.4, -0.2) is 26.0 Å². The zero-order chi connectivity index (χ0) is 11.5. The minimum atomic E-state index is -0.282. The second-order valence-electron chi connectivity index (χ2n) is 3.74. The van der Waals surface area contributed by atoms with E-state index in [1.807, 2.05) is 18.2 Å². The van der Waals surface area contributed by atoms with E-state index in [1.165, 1.54) is 0 Å². The van der Waals surface area contributed by atoms with Gasteiger partial charge in [0.1, 0.15) is 13.2 Å². The molecule has 2 rings (SSSR count). The standard InChI is InChI=1S/C12H15NO3/c1-8(14)12(13-2)9-3-4-10-11(7-9)16-6-5-15-10/h3-4,7,12-13H,5-6H2,1-2H3. The molecule has 0 spiro atoms. The van der Waals surface area contributed by atoms with E-state index >= 15 is 0 Å². The molecule has 1 unspecified atom stereocenters. The van der Waals surface area contributed by atoms with Gasteiger partial charge in [0, 0.05) is 0 Å². The number of nitrogens with one attached hydrogen (secondary N) is 1. The Balaban J connectivity index is 2.32. The zero-order valence-corrected chi connectivity index (χ0v) is 9.45. The van der Waals surface area contributed by atoms with Crippen LogP contribution < -0.4 is 14.8 Å². The van der Waals surface area contributed by atoms with Crippen molar-refractivity contribution in [2.75, 3.05) is 20.3 Å². The second kappa shape index (κ2) is 4.53. The fraction of sp³-hybridized carbons (Fsp3) is 0.417. The Morgan fingerprint density at radius 3 is 2.62 bits per heavy atom. The number of ketones is 1. The zero-order valence-electron chi connectivity index (χ0n) is 9.45. The molecule has 1 aliphatic rings. The van der Waals surface area contributed by atoms with E-state index < -0.39 is 0 Å². The highest BCUT2D eigenvalue weighted by atomic mass is 16.6.